The second-order valence-corrected chi connectivity index (χ2v) is 6.77. The van der Waals surface area contributed by atoms with Crippen LogP contribution in [0.4, 0.5) is 0 Å². The number of rotatable bonds is 4. The number of hydrogen-bond donors (Lipinski definition) is 0. The number of carbonyl (C=O) groups excluding carboxylic acids is 2. The molecule has 132 valence electrons. The van der Waals surface area contributed by atoms with E-state index in [1.807, 2.05) is 29.7 Å². The molecule has 0 saturated carbocycles. The van der Waals surface area contributed by atoms with E-state index in [0.717, 1.165) is 18.5 Å². The highest BCUT2D eigenvalue weighted by molar-refractivity contribution is 6.32. The molecule has 6 heteroatoms. The Balaban J connectivity index is 1.95. The van der Waals surface area contributed by atoms with Gasteiger partial charge >= 0.3 is 0 Å². The van der Waals surface area contributed by atoms with Crippen molar-refractivity contribution in [3.8, 4) is 5.75 Å². The average Bonchev–Trinajstić information content (AvgIpc) is 2.80. The molecule has 0 N–H and O–H groups in total. The van der Waals surface area contributed by atoms with Crippen LogP contribution in [-0.2, 0) is 16.0 Å². The fourth-order valence-electron chi connectivity index (χ4n) is 2.86. The molecule has 1 aromatic rings. The molecule has 0 spiro atoms. The highest BCUT2D eigenvalue weighted by Crippen LogP contribution is 2.25. The lowest BCUT2D eigenvalue weighted by atomic mass is 10.1. The molecule has 1 aliphatic heterocycles. The van der Waals surface area contributed by atoms with E-state index in [2.05, 4.69) is 0 Å². The summed E-state index contributed by atoms with van der Waals surface area (Å²) < 4.78 is 5.13. The first-order chi connectivity index (χ1) is 11.4. The largest absolute Gasteiger partial charge is 0.495 e. The highest BCUT2D eigenvalue weighted by atomic mass is 35.5. The zero-order valence-corrected chi connectivity index (χ0v) is 15.3. The van der Waals surface area contributed by atoms with Crippen LogP contribution in [-0.4, -0.2) is 54.9 Å². The van der Waals surface area contributed by atoms with Crippen LogP contribution in [0.25, 0.3) is 0 Å². The van der Waals surface area contributed by atoms with Crippen LogP contribution in [0.2, 0.25) is 5.02 Å². The number of hydrogen-bond acceptors (Lipinski definition) is 3. The Kier molecular flexibility index (Phi) is 6.49. The number of benzene rings is 1. The fourth-order valence-corrected chi connectivity index (χ4v) is 3.14. The molecule has 1 fully saturated rings. The Morgan fingerprint density at radius 3 is 2.46 bits per heavy atom. The van der Waals surface area contributed by atoms with E-state index in [9.17, 15) is 9.59 Å². The van der Waals surface area contributed by atoms with Gasteiger partial charge in [-0.1, -0.05) is 31.5 Å². The number of halogens is 1. The molecule has 1 heterocycles. The molecule has 0 aliphatic carbocycles. The van der Waals surface area contributed by atoms with Gasteiger partial charge < -0.3 is 14.5 Å². The van der Waals surface area contributed by atoms with Crippen molar-refractivity contribution in [1.82, 2.24) is 9.80 Å². The topological polar surface area (TPSA) is 49.9 Å². The van der Waals surface area contributed by atoms with Crippen LogP contribution in [0.3, 0.4) is 0 Å². The molecule has 2 amide bonds. The predicted molar refractivity (Wildman–Crippen MR) is 94.3 cm³/mol. The summed E-state index contributed by atoms with van der Waals surface area (Å²) in [4.78, 5) is 28.4. The van der Waals surface area contributed by atoms with E-state index >= 15 is 0 Å². The second kappa shape index (κ2) is 8.38. The first-order valence-electron chi connectivity index (χ1n) is 8.31. The molecule has 1 aliphatic rings. The van der Waals surface area contributed by atoms with Gasteiger partial charge in [0.1, 0.15) is 5.75 Å². The number of methoxy groups -OCH3 is 1. The van der Waals surface area contributed by atoms with Crippen molar-refractivity contribution in [3.63, 3.8) is 0 Å². The normalized spacial score (nSPS) is 15.4. The minimum Gasteiger partial charge on any atom is -0.495 e. The monoisotopic (exact) mass is 352 g/mol. The lowest BCUT2D eigenvalue weighted by Crippen LogP contribution is -2.39. The quantitative estimate of drug-likeness (QED) is 0.837. The van der Waals surface area contributed by atoms with Crippen LogP contribution in [0.5, 0.6) is 5.75 Å². The standard InChI is InChI=1S/C18H25ClN2O3/c1-13(2)18(23)21-8-4-7-20(9-10-21)17(22)12-14-5-6-16(24-3)15(19)11-14/h5-6,11,13H,4,7-10,12H2,1-3H3. The zero-order valence-electron chi connectivity index (χ0n) is 14.5. The Bertz CT molecular complexity index is 604. The van der Waals surface area contributed by atoms with Crippen molar-refractivity contribution < 1.29 is 14.3 Å². The van der Waals surface area contributed by atoms with Crippen molar-refractivity contribution in [3.05, 3.63) is 28.8 Å². The highest BCUT2D eigenvalue weighted by Gasteiger charge is 2.23. The average molecular weight is 353 g/mol. The van der Waals surface area contributed by atoms with Crippen molar-refractivity contribution in [1.29, 1.82) is 0 Å². The SMILES string of the molecule is COc1ccc(CC(=O)N2CCCN(C(=O)C(C)C)CC2)cc1Cl. The maximum Gasteiger partial charge on any atom is 0.227 e. The minimum atomic E-state index is -0.00584. The molecule has 2 rings (SSSR count). The Labute approximate surface area is 148 Å². The molecular formula is C18H25ClN2O3. The summed E-state index contributed by atoms with van der Waals surface area (Å²) in [6.45, 7) is 6.40. The molecule has 1 saturated heterocycles. The molecule has 0 atom stereocenters. The van der Waals surface area contributed by atoms with E-state index in [0.29, 0.717) is 36.8 Å². The molecule has 0 radical (unpaired) electrons. The van der Waals surface area contributed by atoms with E-state index in [4.69, 9.17) is 16.3 Å². The van der Waals surface area contributed by atoms with Crippen molar-refractivity contribution in [2.24, 2.45) is 5.92 Å². The maximum atomic E-state index is 12.5. The fraction of sp³-hybridized carbons (Fsp3) is 0.556. The van der Waals surface area contributed by atoms with E-state index in [1.54, 1.807) is 19.2 Å². The van der Waals surface area contributed by atoms with Crippen LogP contribution >= 0.6 is 11.6 Å². The van der Waals surface area contributed by atoms with E-state index < -0.39 is 0 Å². The van der Waals surface area contributed by atoms with Gasteiger partial charge in [-0.05, 0) is 24.1 Å². The summed E-state index contributed by atoms with van der Waals surface area (Å²) in [5.41, 5.74) is 0.866. The molecule has 24 heavy (non-hydrogen) atoms. The Morgan fingerprint density at radius 2 is 1.83 bits per heavy atom. The third-order valence-corrected chi connectivity index (χ3v) is 4.52. The maximum absolute atomic E-state index is 12.5. The lowest BCUT2D eigenvalue weighted by Gasteiger charge is -2.23. The zero-order chi connectivity index (χ0) is 17.7. The number of carbonyl (C=O) groups is 2. The van der Waals surface area contributed by atoms with Gasteiger partial charge in [-0.25, -0.2) is 0 Å². The Morgan fingerprint density at radius 1 is 1.17 bits per heavy atom. The van der Waals surface area contributed by atoms with Crippen LogP contribution in [0.15, 0.2) is 18.2 Å². The van der Waals surface area contributed by atoms with Gasteiger partial charge in [-0.2, -0.15) is 0 Å². The molecule has 5 nitrogen and oxygen atoms in total. The van der Waals surface area contributed by atoms with Crippen molar-refractivity contribution in [2.45, 2.75) is 26.7 Å². The van der Waals surface area contributed by atoms with E-state index in [-0.39, 0.29) is 17.7 Å². The van der Waals surface area contributed by atoms with Gasteiger partial charge in [-0.3, -0.25) is 9.59 Å². The minimum absolute atomic E-state index is 0.00584. The third kappa shape index (κ3) is 4.63. The summed E-state index contributed by atoms with van der Waals surface area (Å²) in [5, 5.41) is 0.507. The summed E-state index contributed by atoms with van der Waals surface area (Å²) in [5.74, 6) is 0.820. The summed E-state index contributed by atoms with van der Waals surface area (Å²) in [6.07, 6.45) is 1.12. The summed E-state index contributed by atoms with van der Waals surface area (Å²) in [7, 11) is 1.56. The van der Waals surface area contributed by atoms with Gasteiger partial charge in [0, 0.05) is 32.1 Å². The molecular weight excluding hydrogens is 328 g/mol. The molecule has 1 aromatic carbocycles. The first-order valence-corrected chi connectivity index (χ1v) is 8.69. The molecule has 0 unspecified atom stereocenters. The number of amides is 2. The number of ether oxygens (including phenoxy) is 1. The van der Waals surface area contributed by atoms with Crippen LogP contribution < -0.4 is 4.74 Å². The number of nitrogens with zero attached hydrogens (tertiary/aromatic N) is 2. The summed E-state index contributed by atoms with van der Waals surface area (Å²) >= 11 is 6.11. The third-order valence-electron chi connectivity index (χ3n) is 4.23. The van der Waals surface area contributed by atoms with Crippen LogP contribution in [0.1, 0.15) is 25.8 Å². The van der Waals surface area contributed by atoms with Crippen molar-refractivity contribution in [2.75, 3.05) is 33.3 Å². The van der Waals surface area contributed by atoms with E-state index in [1.165, 1.54) is 0 Å². The van der Waals surface area contributed by atoms with Crippen LogP contribution in [0, 0.1) is 5.92 Å². The first kappa shape index (κ1) is 18.6. The van der Waals surface area contributed by atoms with Gasteiger partial charge in [0.15, 0.2) is 0 Å². The smallest absolute Gasteiger partial charge is 0.227 e. The van der Waals surface area contributed by atoms with Gasteiger partial charge in [0.05, 0.1) is 18.6 Å². The predicted octanol–water partition coefficient (Wildman–Crippen LogP) is 2.61. The van der Waals surface area contributed by atoms with Gasteiger partial charge in [-0.15, -0.1) is 0 Å². The lowest BCUT2D eigenvalue weighted by molar-refractivity contribution is -0.135. The second-order valence-electron chi connectivity index (χ2n) is 6.36. The molecule has 0 bridgehead atoms. The van der Waals surface area contributed by atoms with Gasteiger partial charge in [0.2, 0.25) is 11.8 Å². The molecule has 0 aromatic heterocycles. The Hall–Kier alpha value is -1.75. The van der Waals surface area contributed by atoms with Crippen molar-refractivity contribution >= 4 is 23.4 Å². The summed E-state index contributed by atoms with van der Waals surface area (Å²) in [6, 6.07) is 5.40. The van der Waals surface area contributed by atoms with Gasteiger partial charge in [0.25, 0.3) is 0 Å².